The number of aromatic amines is 1. The molecule has 1 aliphatic rings. The first-order valence-corrected chi connectivity index (χ1v) is 9.27. The molecule has 2 heterocycles. The van der Waals surface area contributed by atoms with Gasteiger partial charge in [-0.05, 0) is 30.4 Å². The quantitative estimate of drug-likeness (QED) is 0.681. The number of aromatic nitrogens is 2. The third kappa shape index (κ3) is 3.50. The summed E-state index contributed by atoms with van der Waals surface area (Å²) in [7, 11) is 0. The van der Waals surface area contributed by atoms with E-state index in [9.17, 15) is 9.59 Å². The van der Waals surface area contributed by atoms with Gasteiger partial charge in [-0.1, -0.05) is 30.3 Å². The van der Waals surface area contributed by atoms with E-state index in [1.54, 1.807) is 12.1 Å². The third-order valence-electron chi connectivity index (χ3n) is 4.75. The van der Waals surface area contributed by atoms with Crippen molar-refractivity contribution in [1.82, 2.24) is 14.9 Å². The Balaban J connectivity index is 1.49. The number of hydrogen-bond acceptors (Lipinski definition) is 4. The molecular weight excluding hydrogens is 362 g/mol. The Morgan fingerprint density at radius 3 is 2.89 bits per heavy atom. The molecule has 1 unspecified atom stereocenters. The molecular formula is C20H19N3O3S. The maximum absolute atomic E-state index is 12.6. The first-order chi connectivity index (χ1) is 13.1. The second-order valence-corrected chi connectivity index (χ2v) is 6.86. The van der Waals surface area contributed by atoms with Crippen molar-refractivity contribution in [3.63, 3.8) is 0 Å². The van der Waals surface area contributed by atoms with Gasteiger partial charge >= 0.3 is 0 Å². The average Bonchev–Trinajstić information content (AvgIpc) is 2.68. The number of nitrogens with zero attached hydrogens (tertiary/aromatic N) is 1. The molecule has 6 nitrogen and oxygen atoms in total. The molecule has 138 valence electrons. The predicted molar refractivity (Wildman–Crippen MR) is 105 cm³/mol. The van der Waals surface area contributed by atoms with Gasteiger partial charge in [0.05, 0.1) is 23.6 Å². The molecule has 2 aromatic carbocycles. The fourth-order valence-electron chi connectivity index (χ4n) is 3.37. The van der Waals surface area contributed by atoms with E-state index in [1.165, 1.54) is 4.57 Å². The van der Waals surface area contributed by atoms with Crippen molar-refractivity contribution >= 4 is 29.0 Å². The highest BCUT2D eigenvalue weighted by atomic mass is 32.1. The Labute approximate surface area is 160 Å². The first kappa shape index (κ1) is 17.5. The van der Waals surface area contributed by atoms with Crippen molar-refractivity contribution < 1.29 is 9.53 Å². The predicted octanol–water partition coefficient (Wildman–Crippen LogP) is 3.09. The summed E-state index contributed by atoms with van der Waals surface area (Å²) in [4.78, 5) is 28.2. The van der Waals surface area contributed by atoms with Crippen LogP contribution in [0.1, 0.15) is 24.4 Å². The highest BCUT2D eigenvalue weighted by Gasteiger charge is 2.22. The van der Waals surface area contributed by atoms with Gasteiger partial charge in [0.2, 0.25) is 5.91 Å². The van der Waals surface area contributed by atoms with Crippen LogP contribution >= 0.6 is 12.2 Å². The van der Waals surface area contributed by atoms with Gasteiger partial charge in [0.25, 0.3) is 5.56 Å². The van der Waals surface area contributed by atoms with Gasteiger partial charge in [-0.25, -0.2) is 0 Å². The lowest BCUT2D eigenvalue weighted by atomic mass is 10.0. The minimum absolute atomic E-state index is 0.0784. The Morgan fingerprint density at radius 1 is 1.22 bits per heavy atom. The number of hydrogen-bond donors (Lipinski definition) is 2. The lowest BCUT2D eigenvalue weighted by Gasteiger charge is -2.26. The fourth-order valence-corrected chi connectivity index (χ4v) is 3.66. The standard InChI is InChI=1S/C20H19N3O3S/c24-18(21-16-10-12-26-17-8-4-2-5-13(16)17)9-11-23-19(25)14-6-1-3-7-15(14)22-20(23)27/h1-8,16H,9-12H2,(H,21,24)(H,22,27). The molecule has 1 aromatic heterocycles. The summed E-state index contributed by atoms with van der Waals surface area (Å²) in [5, 5.41) is 3.60. The maximum atomic E-state index is 12.6. The van der Waals surface area contributed by atoms with Crippen LogP contribution < -0.4 is 15.6 Å². The Hall–Kier alpha value is -2.93. The molecule has 1 atom stereocenters. The summed E-state index contributed by atoms with van der Waals surface area (Å²) >= 11 is 5.29. The van der Waals surface area contributed by atoms with Crippen LogP contribution in [0.25, 0.3) is 10.9 Å². The number of fused-ring (bicyclic) bond motifs is 2. The molecule has 1 amide bonds. The number of amides is 1. The minimum Gasteiger partial charge on any atom is -0.493 e. The molecule has 4 rings (SSSR count). The van der Waals surface area contributed by atoms with Crippen molar-refractivity contribution in [2.24, 2.45) is 0 Å². The number of ether oxygens (including phenoxy) is 1. The van der Waals surface area contributed by atoms with E-state index in [2.05, 4.69) is 10.3 Å². The number of benzene rings is 2. The highest BCUT2D eigenvalue weighted by molar-refractivity contribution is 7.71. The molecule has 0 saturated carbocycles. The number of carbonyl (C=O) groups is 1. The molecule has 1 aliphatic heterocycles. The molecule has 0 saturated heterocycles. The van der Waals surface area contributed by atoms with Crippen LogP contribution in [0.4, 0.5) is 0 Å². The summed E-state index contributed by atoms with van der Waals surface area (Å²) in [6, 6.07) is 14.8. The summed E-state index contributed by atoms with van der Waals surface area (Å²) in [5.74, 6) is 0.688. The van der Waals surface area contributed by atoms with Crippen LogP contribution in [0.15, 0.2) is 53.3 Å². The van der Waals surface area contributed by atoms with Gasteiger partial charge in [-0.15, -0.1) is 0 Å². The monoisotopic (exact) mass is 381 g/mol. The Morgan fingerprint density at radius 2 is 2.00 bits per heavy atom. The SMILES string of the molecule is O=C(CCn1c(=S)[nH]c2ccccc2c1=O)NC1CCOc2ccccc21. The van der Waals surface area contributed by atoms with Crippen LogP contribution in [0.2, 0.25) is 0 Å². The molecule has 2 N–H and O–H groups in total. The second kappa shape index (κ2) is 7.36. The largest absolute Gasteiger partial charge is 0.493 e. The normalized spacial score (nSPS) is 15.8. The molecule has 7 heteroatoms. The number of para-hydroxylation sites is 2. The summed E-state index contributed by atoms with van der Waals surface area (Å²) in [6.07, 6.45) is 0.897. The molecule has 0 fully saturated rings. The van der Waals surface area contributed by atoms with Gasteiger partial charge in [-0.2, -0.15) is 0 Å². The van der Waals surface area contributed by atoms with E-state index in [1.807, 2.05) is 36.4 Å². The smallest absolute Gasteiger partial charge is 0.262 e. The third-order valence-corrected chi connectivity index (χ3v) is 5.07. The Kier molecular flexibility index (Phi) is 4.77. The van der Waals surface area contributed by atoms with Gasteiger partial charge in [0.1, 0.15) is 5.75 Å². The number of rotatable bonds is 4. The van der Waals surface area contributed by atoms with E-state index in [-0.39, 0.29) is 30.5 Å². The lowest BCUT2D eigenvalue weighted by molar-refractivity contribution is -0.122. The van der Waals surface area contributed by atoms with Gasteiger partial charge in [0.15, 0.2) is 4.77 Å². The van der Waals surface area contributed by atoms with E-state index < -0.39 is 0 Å². The summed E-state index contributed by atoms with van der Waals surface area (Å²) < 4.78 is 7.38. The number of carbonyl (C=O) groups excluding carboxylic acids is 1. The van der Waals surface area contributed by atoms with Crippen LogP contribution in [0, 0.1) is 4.77 Å². The molecule has 0 bridgehead atoms. The van der Waals surface area contributed by atoms with Crippen molar-refractivity contribution in [2.45, 2.75) is 25.4 Å². The number of nitrogens with one attached hydrogen (secondary N) is 2. The zero-order valence-electron chi connectivity index (χ0n) is 14.6. The van der Waals surface area contributed by atoms with E-state index in [4.69, 9.17) is 17.0 Å². The van der Waals surface area contributed by atoms with E-state index in [0.29, 0.717) is 22.3 Å². The van der Waals surface area contributed by atoms with Gasteiger partial charge < -0.3 is 15.0 Å². The molecule has 3 aromatic rings. The Bertz CT molecular complexity index is 1120. The molecule has 0 radical (unpaired) electrons. The van der Waals surface area contributed by atoms with Crippen molar-refractivity contribution in [1.29, 1.82) is 0 Å². The number of H-pyrrole nitrogens is 1. The summed E-state index contributed by atoms with van der Waals surface area (Å²) in [5.41, 5.74) is 1.50. The fraction of sp³-hybridized carbons (Fsp3) is 0.250. The minimum atomic E-state index is -0.182. The average molecular weight is 381 g/mol. The maximum Gasteiger partial charge on any atom is 0.262 e. The van der Waals surface area contributed by atoms with Crippen LogP contribution in [0.3, 0.4) is 0 Å². The highest BCUT2D eigenvalue weighted by Crippen LogP contribution is 2.31. The van der Waals surface area contributed by atoms with Gasteiger partial charge in [0, 0.05) is 24.9 Å². The van der Waals surface area contributed by atoms with Crippen LogP contribution in [-0.4, -0.2) is 22.1 Å². The van der Waals surface area contributed by atoms with E-state index in [0.717, 1.165) is 17.7 Å². The van der Waals surface area contributed by atoms with Gasteiger partial charge in [-0.3, -0.25) is 14.2 Å². The van der Waals surface area contributed by atoms with Crippen molar-refractivity contribution in [3.8, 4) is 5.75 Å². The van der Waals surface area contributed by atoms with Crippen molar-refractivity contribution in [3.05, 3.63) is 69.2 Å². The molecule has 27 heavy (non-hydrogen) atoms. The second-order valence-electron chi connectivity index (χ2n) is 6.48. The van der Waals surface area contributed by atoms with Crippen LogP contribution in [-0.2, 0) is 11.3 Å². The van der Waals surface area contributed by atoms with E-state index >= 15 is 0 Å². The summed E-state index contributed by atoms with van der Waals surface area (Å²) in [6.45, 7) is 0.799. The van der Waals surface area contributed by atoms with Crippen LogP contribution in [0.5, 0.6) is 5.75 Å². The zero-order chi connectivity index (χ0) is 18.8. The lowest BCUT2D eigenvalue weighted by Crippen LogP contribution is -2.33. The topological polar surface area (TPSA) is 76.1 Å². The first-order valence-electron chi connectivity index (χ1n) is 8.86. The zero-order valence-corrected chi connectivity index (χ0v) is 15.4. The van der Waals surface area contributed by atoms with Crippen molar-refractivity contribution in [2.75, 3.05) is 6.61 Å². The molecule has 0 spiro atoms. The molecule has 0 aliphatic carbocycles.